The number of aliphatic hydroxyl groups is 1. The van der Waals surface area contributed by atoms with Crippen LogP contribution in [0, 0.1) is 6.92 Å². The van der Waals surface area contributed by atoms with Gasteiger partial charge in [0, 0.05) is 0 Å². The Balaban J connectivity index is 3.15. The highest BCUT2D eigenvalue weighted by molar-refractivity contribution is 6.15. The second-order valence-corrected chi connectivity index (χ2v) is 3.40. The summed E-state index contributed by atoms with van der Waals surface area (Å²) in [5.41, 5.74) is 2.68. The molecule has 0 unspecified atom stereocenters. The Bertz CT molecular complexity index is 433. The first kappa shape index (κ1) is 12.2. The predicted molar refractivity (Wildman–Crippen MR) is 65.3 cm³/mol. The number of hydrogen-bond acceptors (Lipinski definition) is 3. The molecule has 3 heteroatoms. The fourth-order valence-corrected chi connectivity index (χ4v) is 1.35. The van der Waals surface area contributed by atoms with E-state index in [9.17, 15) is 4.79 Å². The molecular weight excluding hydrogens is 202 g/mol. The number of rotatable bonds is 4. The predicted octanol–water partition coefficient (Wildman–Crippen LogP) is 3.12. The lowest BCUT2D eigenvalue weighted by atomic mass is 10.1. The summed E-state index contributed by atoms with van der Waals surface area (Å²) in [7, 11) is 0. The number of aryl methyl sites for hydroxylation is 1. The zero-order valence-corrected chi connectivity index (χ0v) is 9.47. The Morgan fingerprint density at radius 1 is 1.44 bits per heavy atom. The van der Waals surface area contributed by atoms with Crippen molar-refractivity contribution < 1.29 is 9.90 Å². The molecular formula is C13H15NO2. The van der Waals surface area contributed by atoms with E-state index in [0.29, 0.717) is 18.4 Å². The smallest absolute Gasteiger partial charge is 0.154 e. The van der Waals surface area contributed by atoms with Crippen molar-refractivity contribution in [2.24, 2.45) is 4.99 Å². The van der Waals surface area contributed by atoms with Gasteiger partial charge in [-0.3, -0.25) is 9.79 Å². The van der Waals surface area contributed by atoms with Gasteiger partial charge in [0.2, 0.25) is 0 Å². The number of nitrogens with zero attached hydrogens (tertiary/aromatic N) is 1. The van der Waals surface area contributed by atoms with Crippen molar-refractivity contribution in [2.45, 2.75) is 20.3 Å². The van der Waals surface area contributed by atoms with E-state index in [2.05, 4.69) is 4.99 Å². The first-order chi connectivity index (χ1) is 7.72. The van der Waals surface area contributed by atoms with E-state index in [4.69, 9.17) is 5.11 Å². The van der Waals surface area contributed by atoms with Crippen molar-refractivity contribution >= 4 is 17.7 Å². The monoisotopic (exact) mass is 217 g/mol. The molecule has 0 radical (unpaired) electrons. The van der Waals surface area contributed by atoms with Crippen molar-refractivity contribution in [3.05, 3.63) is 41.7 Å². The zero-order valence-electron chi connectivity index (χ0n) is 9.47. The summed E-state index contributed by atoms with van der Waals surface area (Å²) < 4.78 is 0. The third-order valence-corrected chi connectivity index (χ3v) is 2.31. The maximum absolute atomic E-state index is 10.7. The number of hydrogen-bond donors (Lipinski definition) is 1. The van der Waals surface area contributed by atoms with E-state index in [-0.39, 0.29) is 5.57 Å². The molecule has 0 atom stereocenters. The maximum Gasteiger partial charge on any atom is 0.154 e. The van der Waals surface area contributed by atoms with Gasteiger partial charge >= 0.3 is 0 Å². The Labute approximate surface area is 95.1 Å². The maximum atomic E-state index is 10.7. The van der Waals surface area contributed by atoms with Crippen LogP contribution >= 0.6 is 0 Å². The zero-order chi connectivity index (χ0) is 12.0. The molecule has 0 fully saturated rings. The molecule has 1 rings (SSSR count). The van der Waals surface area contributed by atoms with Crippen LogP contribution in [0.2, 0.25) is 0 Å². The average molecular weight is 217 g/mol. The largest absolute Gasteiger partial charge is 0.515 e. The molecule has 0 saturated carbocycles. The molecule has 84 valence electrons. The SMILES string of the molecule is CCC(=Nc1ccccc1C)C(C=O)=CO. The van der Waals surface area contributed by atoms with Crippen LogP contribution in [0.25, 0.3) is 0 Å². The molecule has 1 N–H and O–H groups in total. The fraction of sp³-hybridized carbons (Fsp3) is 0.231. The van der Waals surface area contributed by atoms with E-state index >= 15 is 0 Å². The average Bonchev–Trinajstić information content (AvgIpc) is 2.31. The quantitative estimate of drug-likeness (QED) is 0.364. The van der Waals surface area contributed by atoms with Crippen LogP contribution < -0.4 is 0 Å². The third-order valence-electron chi connectivity index (χ3n) is 2.31. The minimum atomic E-state index is 0.228. The summed E-state index contributed by atoms with van der Waals surface area (Å²) >= 11 is 0. The minimum absolute atomic E-state index is 0.228. The lowest BCUT2D eigenvalue weighted by molar-refractivity contribution is -0.104. The lowest BCUT2D eigenvalue weighted by Crippen LogP contribution is -2.02. The van der Waals surface area contributed by atoms with E-state index in [1.54, 1.807) is 0 Å². The van der Waals surface area contributed by atoms with Gasteiger partial charge in [-0.05, 0) is 25.0 Å². The second kappa shape index (κ2) is 5.85. The molecule has 3 nitrogen and oxygen atoms in total. The van der Waals surface area contributed by atoms with Crippen molar-refractivity contribution in [2.75, 3.05) is 0 Å². The van der Waals surface area contributed by atoms with Gasteiger partial charge in [0.05, 0.1) is 23.2 Å². The summed E-state index contributed by atoms with van der Waals surface area (Å²) in [6.45, 7) is 3.85. The van der Waals surface area contributed by atoms with E-state index in [1.807, 2.05) is 38.1 Å². The van der Waals surface area contributed by atoms with Crippen molar-refractivity contribution in [3.63, 3.8) is 0 Å². The van der Waals surface area contributed by atoms with Crippen LogP contribution in [0.5, 0.6) is 0 Å². The number of carbonyl (C=O) groups is 1. The van der Waals surface area contributed by atoms with Gasteiger partial charge in [0.25, 0.3) is 0 Å². The number of allylic oxidation sites excluding steroid dienone is 1. The van der Waals surface area contributed by atoms with Crippen molar-refractivity contribution in [1.82, 2.24) is 0 Å². The van der Waals surface area contributed by atoms with Gasteiger partial charge in [0.1, 0.15) is 0 Å². The summed E-state index contributed by atoms with van der Waals surface area (Å²) in [6.07, 6.45) is 2.01. The molecule has 0 aliphatic rings. The normalized spacial score (nSPS) is 12.6. The molecule has 0 spiro atoms. The molecule has 0 amide bonds. The number of aliphatic imine (C=N–C) groups is 1. The van der Waals surface area contributed by atoms with Crippen molar-refractivity contribution in [3.8, 4) is 0 Å². The number of carbonyl (C=O) groups excluding carboxylic acids is 1. The highest BCUT2D eigenvalue weighted by Gasteiger charge is 2.05. The van der Waals surface area contributed by atoms with Gasteiger partial charge < -0.3 is 5.11 Å². The van der Waals surface area contributed by atoms with Gasteiger partial charge in [0.15, 0.2) is 6.29 Å². The molecule has 16 heavy (non-hydrogen) atoms. The van der Waals surface area contributed by atoms with E-state index < -0.39 is 0 Å². The Morgan fingerprint density at radius 2 is 2.12 bits per heavy atom. The number of benzene rings is 1. The molecule has 1 aromatic carbocycles. The standard InChI is InChI=1S/C13H15NO2/c1-3-12(11(8-15)9-16)14-13-7-5-4-6-10(13)2/h4-9,15H,3H2,1-2H3. The van der Waals surface area contributed by atoms with Crippen molar-refractivity contribution in [1.29, 1.82) is 0 Å². The Hall–Kier alpha value is -1.90. The van der Waals surface area contributed by atoms with Crippen LogP contribution in [0.1, 0.15) is 18.9 Å². The molecule has 0 heterocycles. The first-order valence-electron chi connectivity index (χ1n) is 5.16. The van der Waals surface area contributed by atoms with E-state index in [0.717, 1.165) is 17.5 Å². The number of para-hydroxylation sites is 1. The minimum Gasteiger partial charge on any atom is -0.515 e. The summed E-state index contributed by atoms with van der Waals surface area (Å²) in [5, 5.41) is 8.90. The molecule has 0 bridgehead atoms. The van der Waals surface area contributed by atoms with E-state index in [1.165, 1.54) is 0 Å². The van der Waals surface area contributed by atoms with Gasteiger partial charge in [-0.1, -0.05) is 25.1 Å². The lowest BCUT2D eigenvalue weighted by Gasteiger charge is -2.04. The summed E-state index contributed by atoms with van der Waals surface area (Å²) in [5.74, 6) is 0. The van der Waals surface area contributed by atoms with Crippen LogP contribution in [0.3, 0.4) is 0 Å². The molecule has 0 aliphatic carbocycles. The molecule has 0 saturated heterocycles. The van der Waals surface area contributed by atoms with Crippen LogP contribution in [-0.4, -0.2) is 17.1 Å². The highest BCUT2D eigenvalue weighted by atomic mass is 16.2. The fourth-order valence-electron chi connectivity index (χ4n) is 1.35. The van der Waals surface area contributed by atoms with Crippen LogP contribution in [-0.2, 0) is 4.79 Å². The molecule has 0 aromatic heterocycles. The number of aldehydes is 1. The summed E-state index contributed by atoms with van der Waals surface area (Å²) in [6, 6.07) is 7.66. The molecule has 1 aromatic rings. The van der Waals surface area contributed by atoms with Gasteiger partial charge in [-0.25, -0.2) is 0 Å². The first-order valence-corrected chi connectivity index (χ1v) is 5.16. The Morgan fingerprint density at radius 3 is 2.62 bits per heavy atom. The number of aliphatic hydroxyl groups excluding tert-OH is 1. The third kappa shape index (κ3) is 2.79. The van der Waals surface area contributed by atoms with Gasteiger partial charge in [-0.2, -0.15) is 0 Å². The summed E-state index contributed by atoms with van der Waals surface area (Å²) in [4.78, 5) is 15.1. The van der Waals surface area contributed by atoms with Gasteiger partial charge in [-0.15, -0.1) is 0 Å². The highest BCUT2D eigenvalue weighted by Crippen LogP contribution is 2.19. The topological polar surface area (TPSA) is 49.7 Å². The Kier molecular flexibility index (Phi) is 4.45. The van der Waals surface area contributed by atoms with Crippen LogP contribution in [0.15, 0.2) is 41.1 Å². The molecule has 0 aliphatic heterocycles. The van der Waals surface area contributed by atoms with Crippen LogP contribution in [0.4, 0.5) is 5.69 Å². The second-order valence-electron chi connectivity index (χ2n) is 3.40.